The topological polar surface area (TPSA) is 71.2 Å². The Morgan fingerprint density at radius 1 is 1.17 bits per heavy atom. The average molecular weight is 475 g/mol. The molecule has 0 aliphatic carbocycles. The van der Waals surface area contributed by atoms with E-state index in [0.29, 0.717) is 44.4 Å². The first-order valence-corrected chi connectivity index (χ1v) is 11.1. The Bertz CT molecular complexity index is 1490. The summed E-state index contributed by atoms with van der Waals surface area (Å²) >= 11 is 0. The number of hydrogen-bond acceptors (Lipinski definition) is 4. The van der Waals surface area contributed by atoms with Crippen molar-refractivity contribution in [3.05, 3.63) is 88.9 Å². The van der Waals surface area contributed by atoms with Gasteiger partial charge in [-0.05, 0) is 48.7 Å². The van der Waals surface area contributed by atoms with E-state index < -0.39 is 17.2 Å². The molecule has 1 aliphatic rings. The van der Waals surface area contributed by atoms with Crippen molar-refractivity contribution in [1.29, 1.82) is 0 Å². The normalized spacial score (nSPS) is 13.5. The molecule has 2 aromatic heterocycles. The molecule has 0 saturated carbocycles. The van der Waals surface area contributed by atoms with Crippen LogP contribution in [0.4, 0.5) is 8.78 Å². The van der Waals surface area contributed by atoms with E-state index in [1.54, 1.807) is 62.2 Å². The summed E-state index contributed by atoms with van der Waals surface area (Å²) in [4.78, 5) is 18.5. The van der Waals surface area contributed by atoms with E-state index in [2.05, 4.69) is 16.7 Å². The second-order valence-corrected chi connectivity index (χ2v) is 9.33. The Labute approximate surface area is 201 Å². The van der Waals surface area contributed by atoms with Crippen molar-refractivity contribution < 1.29 is 18.7 Å². The van der Waals surface area contributed by atoms with E-state index in [4.69, 9.17) is 0 Å². The number of aliphatic hydroxyl groups is 1. The number of hydrogen-bond donors (Lipinski definition) is 1. The number of halogens is 2. The minimum Gasteiger partial charge on any atom is -0.386 e. The number of amides is 1. The predicted octanol–water partition coefficient (Wildman–Crippen LogP) is 4.94. The van der Waals surface area contributed by atoms with Crippen LogP contribution in [0, 0.1) is 11.6 Å². The van der Waals surface area contributed by atoms with Crippen molar-refractivity contribution in [2.45, 2.75) is 32.5 Å². The van der Waals surface area contributed by atoms with Gasteiger partial charge in [0.25, 0.3) is 5.91 Å². The molecule has 0 unspecified atom stereocenters. The van der Waals surface area contributed by atoms with E-state index in [0.717, 1.165) is 0 Å². The van der Waals surface area contributed by atoms with Crippen LogP contribution in [-0.4, -0.2) is 30.7 Å². The molecule has 0 saturated heterocycles. The molecule has 0 fully saturated rings. The summed E-state index contributed by atoms with van der Waals surface area (Å²) in [5.74, 6) is -1.81. The van der Waals surface area contributed by atoms with Gasteiger partial charge in [0.05, 0.1) is 35.5 Å². The molecule has 8 heteroatoms. The smallest absolute Gasteiger partial charge is 0.256 e. The minimum atomic E-state index is -1.13. The van der Waals surface area contributed by atoms with Crippen LogP contribution in [0.15, 0.2) is 49.3 Å². The molecule has 5 rings (SSSR count). The van der Waals surface area contributed by atoms with Gasteiger partial charge >= 0.3 is 0 Å². The molecule has 35 heavy (non-hydrogen) atoms. The van der Waals surface area contributed by atoms with Crippen LogP contribution in [0.5, 0.6) is 0 Å². The Balaban J connectivity index is 1.50. The molecule has 6 nitrogen and oxygen atoms in total. The van der Waals surface area contributed by atoms with Crippen molar-refractivity contribution in [3.63, 3.8) is 0 Å². The molecule has 0 spiro atoms. The van der Waals surface area contributed by atoms with Gasteiger partial charge in [-0.15, -0.1) is 0 Å². The van der Waals surface area contributed by atoms with Crippen LogP contribution in [0.3, 0.4) is 0 Å². The third-order valence-electron chi connectivity index (χ3n) is 6.34. The largest absolute Gasteiger partial charge is 0.386 e. The lowest BCUT2D eigenvalue weighted by Gasteiger charge is -2.19. The van der Waals surface area contributed by atoms with Crippen LogP contribution in [0.25, 0.3) is 28.1 Å². The molecule has 4 aromatic rings. The quantitative estimate of drug-likeness (QED) is 0.445. The highest BCUT2D eigenvalue weighted by Gasteiger charge is 2.30. The average Bonchev–Trinajstić information content (AvgIpc) is 3.33. The van der Waals surface area contributed by atoms with Gasteiger partial charge in [-0.3, -0.25) is 14.5 Å². The number of aromatic nitrogens is 3. The van der Waals surface area contributed by atoms with E-state index >= 15 is 8.78 Å². The number of benzene rings is 2. The van der Waals surface area contributed by atoms with Crippen LogP contribution < -0.4 is 0 Å². The first-order chi connectivity index (χ1) is 16.6. The first-order valence-electron chi connectivity index (χ1n) is 11.1. The predicted molar refractivity (Wildman–Crippen MR) is 129 cm³/mol. The Morgan fingerprint density at radius 3 is 2.54 bits per heavy atom. The maximum absolute atomic E-state index is 15.2. The maximum Gasteiger partial charge on any atom is 0.256 e. The SMILES string of the molecule is C=Cc1cnc2c(c1)C(=O)N(Cc1c(F)cc(-c3ccc(C(C)(C)O)c4nn(C)cc34)cc1F)C2. The Kier molecular flexibility index (Phi) is 5.29. The molecule has 0 atom stereocenters. The number of nitrogens with zero attached hydrogens (tertiary/aromatic N) is 4. The number of carbonyl (C=O) groups is 1. The lowest BCUT2D eigenvalue weighted by atomic mass is 9.91. The van der Waals surface area contributed by atoms with Gasteiger partial charge in [-0.1, -0.05) is 24.8 Å². The lowest BCUT2D eigenvalue weighted by molar-refractivity contribution is 0.0762. The number of fused-ring (bicyclic) bond motifs is 2. The van der Waals surface area contributed by atoms with Crippen molar-refractivity contribution in [3.8, 4) is 11.1 Å². The summed E-state index contributed by atoms with van der Waals surface area (Å²) in [7, 11) is 1.75. The molecule has 1 aliphatic heterocycles. The molecule has 2 aromatic carbocycles. The van der Waals surface area contributed by atoms with Crippen molar-refractivity contribution in [2.75, 3.05) is 0 Å². The van der Waals surface area contributed by atoms with Crippen molar-refractivity contribution >= 4 is 22.9 Å². The maximum atomic E-state index is 15.2. The van der Waals surface area contributed by atoms with Crippen molar-refractivity contribution in [1.82, 2.24) is 19.7 Å². The Hall–Kier alpha value is -3.91. The molecule has 0 bridgehead atoms. The number of carbonyl (C=O) groups excluding carboxylic acids is 1. The molecular weight excluding hydrogens is 450 g/mol. The van der Waals surface area contributed by atoms with E-state index in [1.165, 1.54) is 17.0 Å². The molecule has 3 heterocycles. The summed E-state index contributed by atoms with van der Waals surface area (Å²) in [5, 5.41) is 15.6. The summed E-state index contributed by atoms with van der Waals surface area (Å²) in [6, 6.07) is 7.68. The second kappa shape index (κ2) is 8.09. The summed E-state index contributed by atoms with van der Waals surface area (Å²) in [5.41, 5.74) is 2.51. The number of pyridine rings is 1. The van der Waals surface area contributed by atoms with Gasteiger partial charge in [0.2, 0.25) is 0 Å². The van der Waals surface area contributed by atoms with E-state index in [9.17, 15) is 9.90 Å². The highest BCUT2D eigenvalue weighted by atomic mass is 19.1. The summed E-state index contributed by atoms with van der Waals surface area (Å²) in [6.45, 7) is 6.97. The summed E-state index contributed by atoms with van der Waals surface area (Å²) in [6.07, 6.45) is 4.96. The zero-order chi connectivity index (χ0) is 25.1. The van der Waals surface area contributed by atoms with Crippen LogP contribution >= 0.6 is 0 Å². The molecular formula is C27H24F2N4O2. The van der Waals surface area contributed by atoms with Gasteiger partial charge in [0, 0.05) is 36.0 Å². The third-order valence-corrected chi connectivity index (χ3v) is 6.34. The van der Waals surface area contributed by atoms with E-state index in [-0.39, 0.29) is 24.6 Å². The van der Waals surface area contributed by atoms with Gasteiger partial charge < -0.3 is 10.0 Å². The highest BCUT2D eigenvalue weighted by Crippen LogP contribution is 2.36. The zero-order valence-electron chi connectivity index (χ0n) is 19.6. The first kappa shape index (κ1) is 22.9. The minimum absolute atomic E-state index is 0.181. The second-order valence-electron chi connectivity index (χ2n) is 9.33. The lowest BCUT2D eigenvalue weighted by Crippen LogP contribution is -2.24. The number of rotatable bonds is 5. The fourth-order valence-electron chi connectivity index (χ4n) is 4.55. The van der Waals surface area contributed by atoms with Crippen LogP contribution in [0.2, 0.25) is 0 Å². The zero-order valence-corrected chi connectivity index (χ0v) is 19.6. The van der Waals surface area contributed by atoms with Crippen LogP contribution in [-0.2, 0) is 25.7 Å². The number of aryl methyl sites for hydroxylation is 1. The van der Waals surface area contributed by atoms with Crippen LogP contribution in [0.1, 0.15) is 46.6 Å². The Morgan fingerprint density at radius 2 is 1.89 bits per heavy atom. The van der Waals surface area contributed by atoms with E-state index in [1.807, 2.05) is 0 Å². The van der Waals surface area contributed by atoms with Gasteiger partial charge in [-0.25, -0.2) is 8.78 Å². The molecule has 178 valence electrons. The van der Waals surface area contributed by atoms with Crippen molar-refractivity contribution in [2.24, 2.45) is 7.05 Å². The highest BCUT2D eigenvalue weighted by molar-refractivity contribution is 5.98. The standard InChI is InChI=1S/C27H24F2N4O2/c1-5-15-8-18-24(30-11-15)14-33(26(18)34)13-20-22(28)9-16(10-23(20)29)17-6-7-21(27(2,3)35)25-19(17)12-32(4)31-25/h5-12,35H,1,13-14H2,2-4H3. The van der Waals surface area contributed by atoms with Gasteiger partial charge in [0.15, 0.2) is 0 Å². The third kappa shape index (κ3) is 3.89. The fraction of sp³-hybridized carbons (Fsp3) is 0.222. The monoisotopic (exact) mass is 474 g/mol. The fourth-order valence-corrected chi connectivity index (χ4v) is 4.55. The van der Waals surface area contributed by atoms with Gasteiger partial charge in [-0.2, -0.15) is 5.10 Å². The van der Waals surface area contributed by atoms with Gasteiger partial charge in [0.1, 0.15) is 11.6 Å². The summed E-state index contributed by atoms with van der Waals surface area (Å²) < 4.78 is 32.1. The molecule has 1 amide bonds. The molecule has 0 radical (unpaired) electrons. The molecule has 1 N–H and O–H groups in total.